The number of rotatable bonds is 2. The minimum absolute atomic E-state index is 0.725. The summed E-state index contributed by atoms with van der Waals surface area (Å²) in [6.45, 7) is 0. The van der Waals surface area contributed by atoms with Crippen molar-refractivity contribution in [2.45, 2.75) is 0 Å². The van der Waals surface area contributed by atoms with Crippen LogP contribution in [0.1, 0.15) is 0 Å². The van der Waals surface area contributed by atoms with Gasteiger partial charge >= 0.3 is 0 Å². The van der Waals surface area contributed by atoms with E-state index in [0.29, 0.717) is 0 Å². The van der Waals surface area contributed by atoms with E-state index in [1.54, 1.807) is 6.20 Å². The van der Waals surface area contributed by atoms with Gasteiger partial charge in [-0.25, -0.2) is 9.97 Å². The van der Waals surface area contributed by atoms with Crippen molar-refractivity contribution in [3.05, 3.63) is 71.3 Å². The molecule has 0 spiro atoms. The zero-order valence-corrected chi connectivity index (χ0v) is 13.2. The Morgan fingerprint density at radius 2 is 1.59 bits per heavy atom. The summed E-state index contributed by atoms with van der Waals surface area (Å²) in [5, 5.41) is 0. The fourth-order valence-electron chi connectivity index (χ4n) is 2.49. The molecule has 3 nitrogen and oxygen atoms in total. The van der Waals surface area contributed by atoms with Crippen LogP contribution in [0.15, 0.2) is 71.3 Å². The minimum atomic E-state index is 0.725. The molecule has 0 amide bonds. The Hall–Kier alpha value is -2.46. The molecule has 4 heteroatoms. The lowest BCUT2D eigenvalue weighted by Gasteiger charge is -2.03. The van der Waals surface area contributed by atoms with Crippen LogP contribution in [0.3, 0.4) is 0 Å². The molecule has 0 radical (unpaired) electrons. The number of halogens is 1. The molecule has 0 unspecified atom stereocenters. The van der Waals surface area contributed by atoms with Crippen LogP contribution in [0.25, 0.3) is 33.7 Å². The predicted octanol–water partition coefficient (Wildman–Crippen LogP) is 5.05. The monoisotopic (exact) mass is 349 g/mol. The minimum Gasteiger partial charge on any atom is -0.337 e. The SMILES string of the molecule is Brc1cnc2nc(-c3cccc(-c4ccccc4)c3)[nH]c2c1. The number of nitrogens with zero attached hydrogens (tertiary/aromatic N) is 2. The maximum atomic E-state index is 4.57. The van der Waals surface area contributed by atoms with Crippen LogP contribution < -0.4 is 0 Å². The number of imidazole rings is 1. The number of nitrogens with one attached hydrogen (secondary N) is 1. The van der Waals surface area contributed by atoms with E-state index in [9.17, 15) is 0 Å². The van der Waals surface area contributed by atoms with Crippen LogP contribution in [-0.2, 0) is 0 Å². The van der Waals surface area contributed by atoms with Crippen LogP contribution in [0.4, 0.5) is 0 Å². The summed E-state index contributed by atoms with van der Waals surface area (Å²) in [7, 11) is 0. The molecule has 0 aliphatic heterocycles. The van der Waals surface area contributed by atoms with Gasteiger partial charge < -0.3 is 4.98 Å². The van der Waals surface area contributed by atoms with Crippen molar-refractivity contribution in [2.24, 2.45) is 0 Å². The summed E-state index contributed by atoms with van der Waals surface area (Å²) in [4.78, 5) is 12.2. The Balaban J connectivity index is 1.81. The van der Waals surface area contributed by atoms with Gasteiger partial charge in [0, 0.05) is 16.2 Å². The maximum Gasteiger partial charge on any atom is 0.178 e. The third-order valence-corrected chi connectivity index (χ3v) is 3.98. The zero-order valence-electron chi connectivity index (χ0n) is 11.6. The first-order valence-corrected chi connectivity index (χ1v) is 7.76. The van der Waals surface area contributed by atoms with E-state index in [0.717, 1.165) is 27.0 Å². The molecule has 0 saturated carbocycles. The van der Waals surface area contributed by atoms with Gasteiger partial charge in [0.15, 0.2) is 5.65 Å². The Morgan fingerprint density at radius 3 is 2.45 bits per heavy atom. The van der Waals surface area contributed by atoms with Gasteiger partial charge in [0.2, 0.25) is 0 Å². The van der Waals surface area contributed by atoms with Crippen LogP contribution in [-0.4, -0.2) is 15.0 Å². The first kappa shape index (κ1) is 13.2. The number of hydrogen-bond donors (Lipinski definition) is 1. The highest BCUT2D eigenvalue weighted by atomic mass is 79.9. The van der Waals surface area contributed by atoms with Crippen molar-refractivity contribution in [3.8, 4) is 22.5 Å². The molecule has 0 saturated heterocycles. The molecule has 4 rings (SSSR count). The maximum absolute atomic E-state index is 4.57. The highest BCUT2D eigenvalue weighted by molar-refractivity contribution is 9.10. The highest BCUT2D eigenvalue weighted by Gasteiger charge is 2.07. The number of aromatic nitrogens is 3. The molecule has 2 heterocycles. The standard InChI is InChI=1S/C18H12BrN3/c19-15-10-16-18(20-11-15)22-17(21-16)14-8-4-7-13(9-14)12-5-2-1-3-6-12/h1-11H,(H,20,21,22). The number of pyridine rings is 1. The molecular weight excluding hydrogens is 338 g/mol. The van der Waals surface area contributed by atoms with Crippen molar-refractivity contribution >= 4 is 27.1 Å². The molecule has 0 aliphatic carbocycles. The van der Waals surface area contributed by atoms with Crippen LogP contribution in [0, 0.1) is 0 Å². The summed E-state index contributed by atoms with van der Waals surface area (Å²) in [6.07, 6.45) is 1.76. The van der Waals surface area contributed by atoms with Gasteiger partial charge in [-0.15, -0.1) is 0 Å². The Kier molecular flexibility index (Phi) is 3.24. The molecular formula is C18H12BrN3. The normalized spacial score (nSPS) is 11.0. The second-order valence-electron chi connectivity index (χ2n) is 5.06. The van der Waals surface area contributed by atoms with Crippen molar-refractivity contribution in [3.63, 3.8) is 0 Å². The largest absolute Gasteiger partial charge is 0.337 e. The molecule has 2 aromatic heterocycles. The van der Waals surface area contributed by atoms with E-state index < -0.39 is 0 Å². The van der Waals surface area contributed by atoms with Gasteiger partial charge in [0.05, 0.1) is 5.52 Å². The molecule has 106 valence electrons. The molecule has 0 atom stereocenters. The van der Waals surface area contributed by atoms with E-state index in [1.807, 2.05) is 30.3 Å². The Labute approximate surface area is 136 Å². The summed E-state index contributed by atoms with van der Waals surface area (Å²) in [5.74, 6) is 0.832. The zero-order chi connectivity index (χ0) is 14.9. The molecule has 2 aromatic carbocycles. The Bertz CT molecular complexity index is 945. The molecule has 0 fully saturated rings. The number of aromatic amines is 1. The first-order valence-electron chi connectivity index (χ1n) is 6.97. The average Bonchev–Trinajstić information content (AvgIpc) is 2.99. The van der Waals surface area contributed by atoms with Gasteiger partial charge in [0.1, 0.15) is 5.82 Å². The molecule has 4 aromatic rings. The molecule has 1 N–H and O–H groups in total. The van der Waals surface area contributed by atoms with Gasteiger partial charge in [-0.2, -0.15) is 0 Å². The average molecular weight is 350 g/mol. The molecule has 0 bridgehead atoms. The van der Waals surface area contributed by atoms with Crippen LogP contribution in [0.2, 0.25) is 0 Å². The Morgan fingerprint density at radius 1 is 0.818 bits per heavy atom. The van der Waals surface area contributed by atoms with Gasteiger partial charge in [0.25, 0.3) is 0 Å². The fraction of sp³-hybridized carbons (Fsp3) is 0. The number of fused-ring (bicyclic) bond motifs is 1. The number of H-pyrrole nitrogens is 1. The lowest BCUT2D eigenvalue weighted by molar-refractivity contribution is 1.30. The summed E-state index contributed by atoms with van der Waals surface area (Å²) < 4.78 is 0.938. The lowest BCUT2D eigenvalue weighted by Crippen LogP contribution is -1.83. The van der Waals surface area contributed by atoms with Crippen LogP contribution in [0.5, 0.6) is 0 Å². The second kappa shape index (κ2) is 5.39. The fourth-order valence-corrected chi connectivity index (χ4v) is 2.82. The topological polar surface area (TPSA) is 41.6 Å². The van der Waals surface area contributed by atoms with E-state index in [1.165, 1.54) is 11.1 Å². The van der Waals surface area contributed by atoms with Crippen LogP contribution >= 0.6 is 15.9 Å². The van der Waals surface area contributed by atoms with Gasteiger partial charge in [-0.05, 0) is 39.2 Å². The third-order valence-electron chi connectivity index (χ3n) is 3.55. The van der Waals surface area contributed by atoms with Crippen molar-refractivity contribution in [1.82, 2.24) is 15.0 Å². The smallest absolute Gasteiger partial charge is 0.178 e. The highest BCUT2D eigenvalue weighted by Crippen LogP contribution is 2.26. The van der Waals surface area contributed by atoms with E-state index in [2.05, 4.69) is 61.2 Å². The van der Waals surface area contributed by atoms with Gasteiger partial charge in [-0.1, -0.05) is 48.5 Å². The molecule has 0 aliphatic rings. The van der Waals surface area contributed by atoms with E-state index in [4.69, 9.17) is 0 Å². The van der Waals surface area contributed by atoms with Crippen molar-refractivity contribution in [1.29, 1.82) is 0 Å². The predicted molar refractivity (Wildman–Crippen MR) is 92.5 cm³/mol. The third kappa shape index (κ3) is 2.42. The molecule has 22 heavy (non-hydrogen) atoms. The quantitative estimate of drug-likeness (QED) is 0.549. The second-order valence-corrected chi connectivity index (χ2v) is 5.97. The lowest BCUT2D eigenvalue weighted by atomic mass is 10.0. The first-order chi connectivity index (χ1) is 10.8. The summed E-state index contributed by atoms with van der Waals surface area (Å²) in [5.41, 5.74) is 5.07. The number of hydrogen-bond acceptors (Lipinski definition) is 2. The van der Waals surface area contributed by atoms with Crippen molar-refractivity contribution in [2.75, 3.05) is 0 Å². The summed E-state index contributed by atoms with van der Waals surface area (Å²) >= 11 is 3.43. The van der Waals surface area contributed by atoms with E-state index in [-0.39, 0.29) is 0 Å². The van der Waals surface area contributed by atoms with E-state index >= 15 is 0 Å². The number of benzene rings is 2. The van der Waals surface area contributed by atoms with Crippen molar-refractivity contribution < 1.29 is 0 Å². The van der Waals surface area contributed by atoms with Gasteiger partial charge in [-0.3, -0.25) is 0 Å². The summed E-state index contributed by atoms with van der Waals surface area (Å²) in [6, 6.07) is 20.7.